The number of rotatable bonds is 2. The number of pyridine rings is 1. The summed E-state index contributed by atoms with van der Waals surface area (Å²) in [4.78, 5) is 6.56. The van der Waals surface area contributed by atoms with Crippen LogP contribution in [0.2, 0.25) is 0 Å². The Balaban J connectivity index is 1.77. The monoisotopic (exact) mass is 295 g/mol. The van der Waals surface area contributed by atoms with Crippen molar-refractivity contribution in [2.24, 2.45) is 5.41 Å². The lowest BCUT2D eigenvalue weighted by Gasteiger charge is -2.37. The second-order valence-electron chi connectivity index (χ2n) is 6.08. The number of nitrogens with zero attached hydrogens (tertiary/aromatic N) is 3. The fourth-order valence-corrected chi connectivity index (χ4v) is 4.77. The molecule has 0 aromatic carbocycles. The molecule has 2 saturated heterocycles. The van der Waals surface area contributed by atoms with E-state index in [4.69, 9.17) is 0 Å². The van der Waals surface area contributed by atoms with Crippen molar-refractivity contribution < 1.29 is 8.42 Å². The molecule has 2 aliphatic heterocycles. The second kappa shape index (κ2) is 5.09. The van der Waals surface area contributed by atoms with Crippen molar-refractivity contribution in [2.45, 2.75) is 24.2 Å². The van der Waals surface area contributed by atoms with E-state index in [2.05, 4.69) is 16.9 Å². The molecule has 2 aliphatic rings. The molecule has 0 saturated carbocycles. The van der Waals surface area contributed by atoms with E-state index in [0.29, 0.717) is 18.0 Å². The molecule has 0 N–H and O–H groups in total. The summed E-state index contributed by atoms with van der Waals surface area (Å²) in [6.07, 6.45) is 6.22. The van der Waals surface area contributed by atoms with Gasteiger partial charge < -0.3 is 4.90 Å². The number of hydrogen-bond donors (Lipinski definition) is 0. The summed E-state index contributed by atoms with van der Waals surface area (Å²) in [6.45, 7) is 3.45. The van der Waals surface area contributed by atoms with Crippen molar-refractivity contribution in [2.75, 3.05) is 33.2 Å². The summed E-state index contributed by atoms with van der Waals surface area (Å²) < 4.78 is 26.8. The van der Waals surface area contributed by atoms with Gasteiger partial charge in [0.2, 0.25) is 10.0 Å². The Kier molecular flexibility index (Phi) is 3.56. The number of likely N-dealkylation sites (tertiary alicyclic amines) is 1. The summed E-state index contributed by atoms with van der Waals surface area (Å²) >= 11 is 0. The van der Waals surface area contributed by atoms with Gasteiger partial charge in [-0.2, -0.15) is 4.31 Å². The number of sulfonamides is 1. The Bertz CT molecular complexity index is 565. The Morgan fingerprint density at radius 2 is 1.90 bits per heavy atom. The van der Waals surface area contributed by atoms with Crippen LogP contribution in [0.5, 0.6) is 0 Å². The lowest BCUT2D eigenvalue weighted by atomic mass is 9.78. The number of piperidine rings is 1. The molecular formula is C14H21N3O2S. The summed E-state index contributed by atoms with van der Waals surface area (Å²) in [5, 5.41) is 0. The first-order chi connectivity index (χ1) is 9.52. The van der Waals surface area contributed by atoms with Crippen LogP contribution in [-0.4, -0.2) is 55.8 Å². The van der Waals surface area contributed by atoms with Crippen LogP contribution in [-0.2, 0) is 10.0 Å². The van der Waals surface area contributed by atoms with Crippen LogP contribution in [0.15, 0.2) is 29.4 Å². The minimum atomic E-state index is -3.37. The van der Waals surface area contributed by atoms with Crippen LogP contribution in [0.25, 0.3) is 0 Å². The Morgan fingerprint density at radius 3 is 2.55 bits per heavy atom. The van der Waals surface area contributed by atoms with Crippen molar-refractivity contribution >= 4 is 10.0 Å². The zero-order chi connectivity index (χ0) is 14.2. The van der Waals surface area contributed by atoms with Crippen LogP contribution < -0.4 is 0 Å². The van der Waals surface area contributed by atoms with Crippen molar-refractivity contribution in [3.8, 4) is 0 Å². The van der Waals surface area contributed by atoms with Crippen molar-refractivity contribution in [3.05, 3.63) is 24.5 Å². The van der Waals surface area contributed by atoms with Gasteiger partial charge >= 0.3 is 0 Å². The smallest absolute Gasteiger partial charge is 0.244 e. The normalized spacial score (nSPS) is 24.2. The minimum absolute atomic E-state index is 0.196. The standard InChI is InChI=1S/C14H21N3O2S/c1-16-8-4-14(5-9-16)6-10-17(12-14)20(18,19)13-3-2-7-15-11-13/h2-3,7,11H,4-6,8-10,12H2,1H3. The SMILES string of the molecule is CN1CCC2(CC1)CCN(S(=O)(=O)c1cccnc1)C2. The van der Waals surface area contributed by atoms with Gasteiger partial charge in [-0.3, -0.25) is 4.98 Å². The van der Waals surface area contributed by atoms with E-state index in [9.17, 15) is 8.42 Å². The van der Waals surface area contributed by atoms with Crippen LogP contribution in [0.3, 0.4) is 0 Å². The van der Waals surface area contributed by atoms with Gasteiger partial charge in [-0.25, -0.2) is 8.42 Å². The molecule has 2 fully saturated rings. The lowest BCUT2D eigenvalue weighted by molar-refractivity contribution is 0.134. The quantitative estimate of drug-likeness (QED) is 0.822. The van der Waals surface area contributed by atoms with Gasteiger partial charge in [0.25, 0.3) is 0 Å². The highest BCUT2D eigenvalue weighted by atomic mass is 32.2. The fraction of sp³-hybridized carbons (Fsp3) is 0.643. The molecule has 5 nitrogen and oxygen atoms in total. The molecule has 1 aromatic rings. The summed E-state index contributed by atoms with van der Waals surface area (Å²) in [6, 6.07) is 3.30. The Hall–Kier alpha value is -0.980. The van der Waals surface area contributed by atoms with E-state index in [0.717, 1.165) is 32.4 Å². The predicted molar refractivity (Wildman–Crippen MR) is 76.8 cm³/mol. The fourth-order valence-electron chi connectivity index (χ4n) is 3.25. The average Bonchev–Trinajstić information content (AvgIpc) is 2.88. The van der Waals surface area contributed by atoms with E-state index in [-0.39, 0.29) is 5.41 Å². The molecule has 1 aromatic heterocycles. The van der Waals surface area contributed by atoms with Gasteiger partial charge in [-0.05, 0) is 56.9 Å². The molecule has 110 valence electrons. The Labute approximate surface area is 120 Å². The molecule has 0 aliphatic carbocycles. The van der Waals surface area contributed by atoms with Gasteiger partial charge in [-0.15, -0.1) is 0 Å². The van der Waals surface area contributed by atoms with E-state index in [1.54, 1.807) is 22.6 Å². The van der Waals surface area contributed by atoms with E-state index in [1.807, 2.05) is 0 Å². The van der Waals surface area contributed by atoms with Gasteiger partial charge in [0.15, 0.2) is 0 Å². The molecule has 3 heterocycles. The van der Waals surface area contributed by atoms with Crippen molar-refractivity contribution in [1.82, 2.24) is 14.2 Å². The van der Waals surface area contributed by atoms with Gasteiger partial charge in [0.1, 0.15) is 4.90 Å². The molecule has 0 radical (unpaired) electrons. The molecular weight excluding hydrogens is 274 g/mol. The molecule has 0 bridgehead atoms. The minimum Gasteiger partial charge on any atom is -0.306 e. The first kappa shape index (κ1) is 14.0. The third kappa shape index (κ3) is 2.47. The van der Waals surface area contributed by atoms with Crippen LogP contribution >= 0.6 is 0 Å². The number of hydrogen-bond acceptors (Lipinski definition) is 4. The van der Waals surface area contributed by atoms with E-state index in [1.165, 1.54) is 6.20 Å². The molecule has 3 rings (SSSR count). The van der Waals surface area contributed by atoms with Crippen molar-refractivity contribution in [1.29, 1.82) is 0 Å². The third-order valence-electron chi connectivity index (χ3n) is 4.72. The highest BCUT2D eigenvalue weighted by molar-refractivity contribution is 7.89. The molecule has 20 heavy (non-hydrogen) atoms. The summed E-state index contributed by atoms with van der Waals surface area (Å²) in [5.74, 6) is 0. The largest absolute Gasteiger partial charge is 0.306 e. The average molecular weight is 295 g/mol. The first-order valence-electron chi connectivity index (χ1n) is 7.11. The maximum atomic E-state index is 12.6. The maximum Gasteiger partial charge on any atom is 0.244 e. The predicted octanol–water partition coefficient (Wildman–Crippen LogP) is 1.19. The van der Waals surface area contributed by atoms with Gasteiger partial charge in [0.05, 0.1) is 0 Å². The molecule has 0 amide bonds. The summed E-state index contributed by atoms with van der Waals surface area (Å²) in [5.41, 5.74) is 0.196. The highest BCUT2D eigenvalue weighted by Gasteiger charge is 2.44. The maximum absolute atomic E-state index is 12.6. The third-order valence-corrected chi connectivity index (χ3v) is 6.55. The zero-order valence-electron chi connectivity index (χ0n) is 11.8. The molecule has 1 spiro atoms. The van der Waals surface area contributed by atoms with Gasteiger partial charge in [0, 0.05) is 25.5 Å². The topological polar surface area (TPSA) is 53.5 Å². The molecule has 6 heteroatoms. The van der Waals surface area contributed by atoms with E-state index >= 15 is 0 Å². The van der Waals surface area contributed by atoms with Crippen LogP contribution in [0.1, 0.15) is 19.3 Å². The number of aromatic nitrogens is 1. The molecule has 0 unspecified atom stereocenters. The van der Waals surface area contributed by atoms with Crippen LogP contribution in [0.4, 0.5) is 0 Å². The second-order valence-corrected chi connectivity index (χ2v) is 8.02. The van der Waals surface area contributed by atoms with Crippen molar-refractivity contribution in [3.63, 3.8) is 0 Å². The molecule has 0 atom stereocenters. The Morgan fingerprint density at radius 1 is 1.20 bits per heavy atom. The first-order valence-corrected chi connectivity index (χ1v) is 8.55. The zero-order valence-corrected chi connectivity index (χ0v) is 12.6. The van der Waals surface area contributed by atoms with Crippen LogP contribution in [0, 0.1) is 5.41 Å². The summed E-state index contributed by atoms with van der Waals surface area (Å²) in [7, 11) is -1.24. The van der Waals surface area contributed by atoms with E-state index < -0.39 is 10.0 Å². The highest BCUT2D eigenvalue weighted by Crippen LogP contribution is 2.41. The lowest BCUT2D eigenvalue weighted by Crippen LogP contribution is -2.40. The van der Waals surface area contributed by atoms with Gasteiger partial charge in [-0.1, -0.05) is 0 Å².